The normalized spacial score (nSPS) is 10.7. The van der Waals surface area contributed by atoms with Gasteiger partial charge in [0.25, 0.3) is 0 Å². The van der Waals surface area contributed by atoms with Gasteiger partial charge in [-0.3, -0.25) is 0 Å². The lowest BCUT2D eigenvalue weighted by Gasteiger charge is -2.20. The predicted octanol–water partition coefficient (Wildman–Crippen LogP) is 1.61. The molecule has 0 aromatic heterocycles. The molecule has 18 heavy (non-hydrogen) atoms. The van der Waals surface area contributed by atoms with Gasteiger partial charge in [-0.1, -0.05) is 22.0 Å². The summed E-state index contributed by atoms with van der Waals surface area (Å²) in [6.07, 6.45) is 0. The Morgan fingerprint density at radius 3 is 2.78 bits per heavy atom. The van der Waals surface area contributed by atoms with Gasteiger partial charge in [-0.15, -0.1) is 0 Å². The molecule has 2 N–H and O–H groups in total. The summed E-state index contributed by atoms with van der Waals surface area (Å²) in [5.74, 6) is 0. The summed E-state index contributed by atoms with van der Waals surface area (Å²) >= 11 is 3.58. The highest BCUT2D eigenvalue weighted by molar-refractivity contribution is 9.10. The second-order valence-corrected chi connectivity index (χ2v) is 4.92. The topological polar surface area (TPSA) is 44.7 Å². The van der Waals surface area contributed by atoms with Crippen molar-refractivity contribution in [3.8, 4) is 0 Å². The number of nitrogens with zero attached hydrogens (tertiary/aromatic N) is 1. The number of likely N-dealkylation sites (N-methyl/N-ethyl adjacent to an activating group) is 1. The molecule has 5 heteroatoms. The van der Waals surface area contributed by atoms with Gasteiger partial charge < -0.3 is 20.1 Å². The lowest BCUT2D eigenvalue weighted by molar-refractivity contribution is 0.0971. The Morgan fingerprint density at radius 2 is 2.17 bits per heavy atom. The molecule has 1 aromatic carbocycles. The minimum Gasteiger partial charge on any atom is -0.394 e. The number of hydrogen-bond donors (Lipinski definition) is 2. The van der Waals surface area contributed by atoms with Crippen LogP contribution in [0.5, 0.6) is 0 Å². The van der Waals surface area contributed by atoms with E-state index in [1.165, 1.54) is 5.56 Å². The molecule has 0 saturated heterocycles. The Labute approximate surface area is 117 Å². The Morgan fingerprint density at radius 1 is 1.39 bits per heavy atom. The predicted molar refractivity (Wildman–Crippen MR) is 78.1 cm³/mol. The molecule has 1 aromatic rings. The maximum Gasteiger partial charge on any atom is 0.0698 e. The summed E-state index contributed by atoms with van der Waals surface area (Å²) < 4.78 is 6.36. The number of aliphatic hydroxyl groups is 1. The molecule has 102 valence electrons. The quantitative estimate of drug-likeness (QED) is 0.715. The number of ether oxygens (including phenoxy) is 1. The minimum atomic E-state index is 0.0774. The fourth-order valence-corrected chi connectivity index (χ4v) is 2.11. The van der Waals surface area contributed by atoms with E-state index >= 15 is 0 Å². The second-order valence-electron chi connectivity index (χ2n) is 4.06. The molecule has 0 spiro atoms. The lowest BCUT2D eigenvalue weighted by atomic mass is 10.2. The van der Waals surface area contributed by atoms with Gasteiger partial charge in [0, 0.05) is 30.3 Å². The number of hydrogen-bond acceptors (Lipinski definition) is 4. The van der Waals surface area contributed by atoms with Crippen molar-refractivity contribution >= 4 is 21.6 Å². The summed E-state index contributed by atoms with van der Waals surface area (Å²) in [6.45, 7) is 2.75. The number of aliphatic hydroxyl groups excluding tert-OH is 1. The Hall–Kier alpha value is -0.620. The van der Waals surface area contributed by atoms with Gasteiger partial charge in [0.1, 0.15) is 0 Å². The van der Waals surface area contributed by atoms with E-state index in [4.69, 9.17) is 9.84 Å². The smallest absolute Gasteiger partial charge is 0.0698 e. The van der Waals surface area contributed by atoms with Crippen molar-refractivity contribution in [2.24, 2.45) is 0 Å². The zero-order chi connectivity index (χ0) is 13.4. The fraction of sp³-hybridized carbons (Fsp3) is 0.538. The van der Waals surface area contributed by atoms with E-state index in [2.05, 4.69) is 44.3 Å². The molecule has 0 aliphatic heterocycles. The molecular formula is C13H21BrN2O2. The van der Waals surface area contributed by atoms with Crippen LogP contribution in [-0.2, 0) is 11.3 Å². The van der Waals surface area contributed by atoms with E-state index in [9.17, 15) is 0 Å². The van der Waals surface area contributed by atoms with Gasteiger partial charge in [0.15, 0.2) is 0 Å². The number of nitrogens with one attached hydrogen (secondary N) is 1. The van der Waals surface area contributed by atoms with Crippen LogP contribution in [0.2, 0.25) is 0 Å². The van der Waals surface area contributed by atoms with Crippen LogP contribution >= 0.6 is 15.9 Å². The SMILES string of the molecule is CNCc1ccc(N(C)CCOCCO)cc1Br. The lowest BCUT2D eigenvalue weighted by Crippen LogP contribution is -2.23. The third-order valence-corrected chi connectivity index (χ3v) is 3.39. The molecule has 0 saturated carbocycles. The summed E-state index contributed by atoms with van der Waals surface area (Å²) in [6, 6.07) is 6.32. The van der Waals surface area contributed by atoms with E-state index < -0.39 is 0 Å². The van der Waals surface area contributed by atoms with Crippen molar-refractivity contribution in [3.63, 3.8) is 0 Å². The van der Waals surface area contributed by atoms with Crippen LogP contribution in [0.25, 0.3) is 0 Å². The zero-order valence-electron chi connectivity index (χ0n) is 10.9. The van der Waals surface area contributed by atoms with E-state index in [1.807, 2.05) is 14.1 Å². The van der Waals surface area contributed by atoms with Crippen molar-refractivity contribution in [2.45, 2.75) is 6.54 Å². The molecule has 0 bridgehead atoms. The van der Waals surface area contributed by atoms with Crippen molar-refractivity contribution in [1.29, 1.82) is 0 Å². The van der Waals surface area contributed by atoms with Crippen molar-refractivity contribution in [3.05, 3.63) is 28.2 Å². The third-order valence-electron chi connectivity index (χ3n) is 2.65. The number of anilines is 1. The molecule has 4 nitrogen and oxygen atoms in total. The first-order chi connectivity index (χ1) is 8.69. The molecule has 0 fully saturated rings. The summed E-state index contributed by atoms with van der Waals surface area (Å²) in [5, 5.41) is 11.7. The van der Waals surface area contributed by atoms with E-state index in [-0.39, 0.29) is 6.61 Å². The molecule has 1 rings (SSSR count). The average Bonchev–Trinajstić information content (AvgIpc) is 2.37. The number of benzene rings is 1. The highest BCUT2D eigenvalue weighted by atomic mass is 79.9. The van der Waals surface area contributed by atoms with Crippen LogP contribution in [0.3, 0.4) is 0 Å². The Bertz CT molecular complexity index is 361. The summed E-state index contributed by atoms with van der Waals surface area (Å²) in [5.41, 5.74) is 2.39. The van der Waals surface area contributed by atoms with Gasteiger partial charge >= 0.3 is 0 Å². The molecule has 0 heterocycles. The monoisotopic (exact) mass is 316 g/mol. The third kappa shape index (κ3) is 4.94. The largest absolute Gasteiger partial charge is 0.394 e. The summed E-state index contributed by atoms with van der Waals surface area (Å²) in [7, 11) is 3.97. The molecule has 0 radical (unpaired) electrons. The first-order valence-electron chi connectivity index (χ1n) is 6.01. The Kier molecular flexibility index (Phi) is 7.27. The van der Waals surface area contributed by atoms with Crippen LogP contribution in [0, 0.1) is 0 Å². The van der Waals surface area contributed by atoms with Crippen LogP contribution in [0.1, 0.15) is 5.56 Å². The molecule has 0 atom stereocenters. The Balaban J connectivity index is 2.52. The molecule has 0 aliphatic carbocycles. The molecule has 0 aliphatic rings. The van der Waals surface area contributed by atoms with Gasteiger partial charge in [-0.25, -0.2) is 0 Å². The van der Waals surface area contributed by atoms with Crippen LogP contribution in [0.4, 0.5) is 5.69 Å². The van der Waals surface area contributed by atoms with E-state index in [1.54, 1.807) is 0 Å². The maximum absolute atomic E-state index is 8.62. The van der Waals surface area contributed by atoms with Crippen LogP contribution in [0.15, 0.2) is 22.7 Å². The number of rotatable bonds is 8. The van der Waals surface area contributed by atoms with Crippen molar-refractivity contribution < 1.29 is 9.84 Å². The van der Waals surface area contributed by atoms with Gasteiger partial charge in [0.05, 0.1) is 19.8 Å². The molecule has 0 unspecified atom stereocenters. The maximum atomic E-state index is 8.62. The number of halogens is 1. The minimum absolute atomic E-state index is 0.0774. The molecular weight excluding hydrogens is 296 g/mol. The van der Waals surface area contributed by atoms with Crippen LogP contribution < -0.4 is 10.2 Å². The molecule has 0 amide bonds. The van der Waals surface area contributed by atoms with Crippen molar-refractivity contribution in [2.75, 3.05) is 45.4 Å². The van der Waals surface area contributed by atoms with Crippen LogP contribution in [-0.4, -0.2) is 45.6 Å². The van der Waals surface area contributed by atoms with E-state index in [0.717, 1.165) is 23.2 Å². The van der Waals surface area contributed by atoms with Crippen molar-refractivity contribution in [1.82, 2.24) is 5.32 Å². The first kappa shape index (κ1) is 15.4. The van der Waals surface area contributed by atoms with Gasteiger partial charge in [-0.2, -0.15) is 0 Å². The standard InChI is InChI=1S/C13H21BrN2O2/c1-15-10-11-3-4-12(9-13(11)14)16(2)5-7-18-8-6-17/h3-4,9,15,17H,5-8,10H2,1-2H3. The first-order valence-corrected chi connectivity index (χ1v) is 6.81. The summed E-state index contributed by atoms with van der Waals surface area (Å²) in [4.78, 5) is 2.13. The van der Waals surface area contributed by atoms with Gasteiger partial charge in [-0.05, 0) is 24.7 Å². The zero-order valence-corrected chi connectivity index (χ0v) is 12.5. The highest BCUT2D eigenvalue weighted by Crippen LogP contribution is 2.23. The fourth-order valence-electron chi connectivity index (χ4n) is 1.60. The highest BCUT2D eigenvalue weighted by Gasteiger charge is 2.04. The van der Waals surface area contributed by atoms with Gasteiger partial charge in [0.2, 0.25) is 0 Å². The van der Waals surface area contributed by atoms with E-state index in [0.29, 0.717) is 13.2 Å². The second kappa shape index (κ2) is 8.48. The average molecular weight is 317 g/mol.